The molecule has 1 saturated heterocycles. The molecule has 3 nitrogen and oxygen atoms in total. The van der Waals surface area contributed by atoms with Crippen LogP contribution in [-0.4, -0.2) is 18.6 Å². The number of carbonyl (C=O) groups is 1. The van der Waals surface area contributed by atoms with Crippen LogP contribution in [0.1, 0.15) is 12.0 Å². The molecule has 0 radical (unpaired) electrons. The summed E-state index contributed by atoms with van der Waals surface area (Å²) in [5.74, 6) is 0. The van der Waals surface area contributed by atoms with Crippen molar-refractivity contribution in [2.24, 2.45) is 0 Å². The summed E-state index contributed by atoms with van der Waals surface area (Å²) in [5.41, 5.74) is 2.20. The first kappa shape index (κ1) is 9.04. The zero-order valence-corrected chi connectivity index (χ0v) is 8.92. The highest BCUT2D eigenvalue weighted by atomic mass is 35.5. The van der Waals surface area contributed by atoms with E-state index in [9.17, 15) is 4.79 Å². The summed E-state index contributed by atoms with van der Waals surface area (Å²) in [7, 11) is 0. The second-order valence-corrected chi connectivity index (χ2v) is 4.46. The van der Waals surface area contributed by atoms with Crippen molar-refractivity contribution in [3.63, 3.8) is 0 Å². The Morgan fingerprint density at radius 1 is 1.47 bits per heavy atom. The standard InChI is InChI=1S/C11H11ClN2O/c12-8-3-1-7-2-4-9-6-13-11(15)14(9)10(7)5-8/h1,3,5,9H,2,4,6H2,(H,13,15). The number of urea groups is 1. The molecule has 1 fully saturated rings. The van der Waals surface area contributed by atoms with Crippen molar-refractivity contribution in [3.05, 3.63) is 28.8 Å². The van der Waals surface area contributed by atoms with Gasteiger partial charge in [-0.2, -0.15) is 0 Å². The second-order valence-electron chi connectivity index (χ2n) is 4.02. The van der Waals surface area contributed by atoms with Crippen LogP contribution in [0.3, 0.4) is 0 Å². The summed E-state index contributed by atoms with van der Waals surface area (Å²) in [6.07, 6.45) is 2.07. The maximum Gasteiger partial charge on any atom is 0.322 e. The van der Waals surface area contributed by atoms with Crippen LogP contribution in [0, 0.1) is 0 Å². The molecule has 2 aliphatic rings. The molecule has 2 aliphatic heterocycles. The third-order valence-corrected chi connectivity index (χ3v) is 3.36. The molecule has 1 aromatic carbocycles. The molecule has 0 aliphatic carbocycles. The Bertz CT molecular complexity index is 433. The highest BCUT2D eigenvalue weighted by Gasteiger charge is 2.35. The van der Waals surface area contributed by atoms with Gasteiger partial charge in [0.2, 0.25) is 0 Å². The Hall–Kier alpha value is -1.22. The quantitative estimate of drug-likeness (QED) is 0.717. The number of benzene rings is 1. The summed E-state index contributed by atoms with van der Waals surface area (Å²) in [5, 5.41) is 3.55. The minimum Gasteiger partial charge on any atom is -0.336 e. The number of aryl methyl sites for hydroxylation is 1. The van der Waals surface area contributed by atoms with E-state index in [0.29, 0.717) is 11.1 Å². The second kappa shape index (κ2) is 3.14. The number of nitrogens with zero attached hydrogens (tertiary/aromatic N) is 1. The zero-order chi connectivity index (χ0) is 10.4. The lowest BCUT2D eigenvalue weighted by atomic mass is 9.97. The number of fused-ring (bicyclic) bond motifs is 3. The van der Waals surface area contributed by atoms with Crippen molar-refractivity contribution in [2.75, 3.05) is 11.4 Å². The van der Waals surface area contributed by atoms with E-state index in [1.807, 2.05) is 23.1 Å². The average Bonchev–Trinajstić information content (AvgIpc) is 2.60. The van der Waals surface area contributed by atoms with Gasteiger partial charge in [0, 0.05) is 11.6 Å². The van der Waals surface area contributed by atoms with Crippen LogP contribution < -0.4 is 10.2 Å². The topological polar surface area (TPSA) is 32.3 Å². The first-order chi connectivity index (χ1) is 7.25. The summed E-state index contributed by atoms with van der Waals surface area (Å²) in [6.45, 7) is 0.755. The molecule has 1 N–H and O–H groups in total. The lowest BCUT2D eigenvalue weighted by molar-refractivity contribution is 0.251. The van der Waals surface area contributed by atoms with E-state index >= 15 is 0 Å². The third-order valence-electron chi connectivity index (χ3n) is 3.13. The third kappa shape index (κ3) is 1.30. The van der Waals surface area contributed by atoms with Gasteiger partial charge in [-0.1, -0.05) is 17.7 Å². The first-order valence-corrected chi connectivity index (χ1v) is 5.49. The molecule has 0 saturated carbocycles. The van der Waals surface area contributed by atoms with Gasteiger partial charge in [0.05, 0.1) is 11.7 Å². The molecule has 78 valence electrons. The van der Waals surface area contributed by atoms with E-state index in [1.54, 1.807) is 0 Å². The van der Waals surface area contributed by atoms with Gasteiger partial charge in [0.25, 0.3) is 0 Å². The van der Waals surface area contributed by atoms with Gasteiger partial charge in [-0.3, -0.25) is 4.90 Å². The van der Waals surface area contributed by atoms with Gasteiger partial charge in [-0.15, -0.1) is 0 Å². The summed E-state index contributed by atoms with van der Waals surface area (Å²) in [6, 6.07) is 6.09. The Morgan fingerprint density at radius 3 is 3.20 bits per heavy atom. The Labute approximate surface area is 93.0 Å². The number of rotatable bonds is 0. The van der Waals surface area contributed by atoms with Crippen molar-refractivity contribution in [3.8, 4) is 0 Å². The van der Waals surface area contributed by atoms with E-state index < -0.39 is 0 Å². The van der Waals surface area contributed by atoms with Crippen LogP contribution in [0.5, 0.6) is 0 Å². The molecule has 4 heteroatoms. The van der Waals surface area contributed by atoms with Gasteiger partial charge < -0.3 is 5.32 Å². The molecule has 0 bridgehead atoms. The first-order valence-electron chi connectivity index (χ1n) is 5.11. The normalized spacial score (nSPS) is 23.4. The zero-order valence-electron chi connectivity index (χ0n) is 8.16. The molecule has 2 heterocycles. The van der Waals surface area contributed by atoms with Gasteiger partial charge in [0.1, 0.15) is 0 Å². The lowest BCUT2D eigenvalue weighted by Gasteiger charge is -2.30. The number of nitrogens with one attached hydrogen (secondary N) is 1. The minimum atomic E-state index is 0.00298. The van der Waals surface area contributed by atoms with Crippen molar-refractivity contribution >= 4 is 23.3 Å². The van der Waals surface area contributed by atoms with Gasteiger partial charge >= 0.3 is 6.03 Å². The lowest BCUT2D eigenvalue weighted by Crippen LogP contribution is -2.37. The molecule has 2 amide bonds. The Balaban J connectivity index is 2.12. The molecule has 0 aromatic heterocycles. The summed E-state index contributed by atoms with van der Waals surface area (Å²) in [4.78, 5) is 13.5. The van der Waals surface area contributed by atoms with E-state index in [-0.39, 0.29) is 6.03 Å². The summed E-state index contributed by atoms with van der Waals surface area (Å²) >= 11 is 5.96. The number of carbonyl (C=O) groups excluding carboxylic acids is 1. The van der Waals surface area contributed by atoms with Crippen molar-refractivity contribution in [1.82, 2.24) is 5.32 Å². The monoisotopic (exact) mass is 222 g/mol. The maximum atomic E-state index is 11.7. The predicted octanol–water partition coefficient (Wildman–Crippen LogP) is 2.18. The molecule has 15 heavy (non-hydrogen) atoms. The molecule has 1 unspecified atom stereocenters. The molecule has 0 spiro atoms. The number of hydrogen-bond acceptors (Lipinski definition) is 1. The van der Waals surface area contributed by atoms with Gasteiger partial charge in [0.15, 0.2) is 0 Å². The van der Waals surface area contributed by atoms with E-state index in [1.165, 1.54) is 5.56 Å². The van der Waals surface area contributed by atoms with E-state index in [0.717, 1.165) is 25.1 Å². The predicted molar refractivity (Wildman–Crippen MR) is 59.4 cm³/mol. The summed E-state index contributed by atoms with van der Waals surface area (Å²) < 4.78 is 0. The van der Waals surface area contributed by atoms with Gasteiger partial charge in [-0.25, -0.2) is 4.79 Å². The maximum absolute atomic E-state index is 11.7. The van der Waals surface area contributed by atoms with Crippen molar-refractivity contribution in [2.45, 2.75) is 18.9 Å². The number of amides is 2. The van der Waals surface area contributed by atoms with Crippen LogP contribution in [-0.2, 0) is 6.42 Å². The number of halogens is 1. The van der Waals surface area contributed by atoms with E-state index in [4.69, 9.17) is 11.6 Å². The fourth-order valence-corrected chi connectivity index (χ4v) is 2.55. The molecular formula is C11H11ClN2O. The van der Waals surface area contributed by atoms with Crippen molar-refractivity contribution in [1.29, 1.82) is 0 Å². The highest BCUT2D eigenvalue weighted by molar-refractivity contribution is 6.31. The minimum absolute atomic E-state index is 0.00298. The van der Waals surface area contributed by atoms with Crippen LogP contribution in [0.15, 0.2) is 18.2 Å². The Kier molecular flexibility index (Phi) is 1.89. The van der Waals surface area contributed by atoms with Crippen LogP contribution in [0.4, 0.5) is 10.5 Å². The number of hydrogen-bond donors (Lipinski definition) is 1. The molecule has 3 rings (SSSR count). The smallest absolute Gasteiger partial charge is 0.322 e. The Morgan fingerprint density at radius 2 is 2.33 bits per heavy atom. The largest absolute Gasteiger partial charge is 0.336 e. The van der Waals surface area contributed by atoms with Gasteiger partial charge in [-0.05, 0) is 30.5 Å². The van der Waals surface area contributed by atoms with Crippen LogP contribution >= 0.6 is 11.6 Å². The SMILES string of the molecule is O=C1NCC2CCc3ccc(Cl)cc3N12. The fraction of sp³-hybridized carbons (Fsp3) is 0.364. The van der Waals surface area contributed by atoms with E-state index in [2.05, 4.69) is 5.32 Å². The molecule has 1 aromatic rings. The van der Waals surface area contributed by atoms with Crippen molar-refractivity contribution < 1.29 is 4.79 Å². The van der Waals surface area contributed by atoms with Crippen LogP contribution in [0.25, 0.3) is 0 Å². The molecular weight excluding hydrogens is 212 g/mol. The number of anilines is 1. The molecule has 1 atom stereocenters. The average molecular weight is 223 g/mol. The highest BCUT2D eigenvalue weighted by Crippen LogP contribution is 2.34. The van der Waals surface area contributed by atoms with Crippen LogP contribution in [0.2, 0.25) is 5.02 Å². The fourth-order valence-electron chi connectivity index (χ4n) is 2.38.